The molecule has 0 spiro atoms. The predicted molar refractivity (Wildman–Crippen MR) is 84.0 cm³/mol. The summed E-state index contributed by atoms with van der Waals surface area (Å²) >= 11 is 6.09. The van der Waals surface area contributed by atoms with Crippen molar-refractivity contribution >= 4 is 23.0 Å². The van der Waals surface area contributed by atoms with Crippen molar-refractivity contribution in [3.05, 3.63) is 22.7 Å². The second-order valence-corrected chi connectivity index (χ2v) is 5.86. The number of anilines is 2. The summed E-state index contributed by atoms with van der Waals surface area (Å²) in [6, 6.07) is 4.44. The van der Waals surface area contributed by atoms with Gasteiger partial charge in [0.05, 0.1) is 10.7 Å². The fourth-order valence-corrected chi connectivity index (χ4v) is 2.86. The molecule has 0 radical (unpaired) electrons. The highest BCUT2D eigenvalue weighted by Gasteiger charge is 2.19. The minimum absolute atomic E-state index is 0.548. The number of halogens is 1. The van der Waals surface area contributed by atoms with Crippen molar-refractivity contribution in [3.63, 3.8) is 0 Å². The second kappa shape index (κ2) is 6.49. The summed E-state index contributed by atoms with van der Waals surface area (Å²) in [5.41, 5.74) is 8.75. The summed E-state index contributed by atoms with van der Waals surface area (Å²) in [6.45, 7) is 7.91. The van der Waals surface area contributed by atoms with Crippen LogP contribution in [0.5, 0.6) is 0 Å². The van der Waals surface area contributed by atoms with Gasteiger partial charge in [-0.25, -0.2) is 0 Å². The zero-order valence-corrected chi connectivity index (χ0v) is 12.6. The molecule has 4 heteroatoms. The molecular weight excluding hydrogens is 258 g/mol. The largest absolute Gasteiger partial charge is 0.398 e. The molecule has 106 valence electrons. The van der Waals surface area contributed by atoms with Crippen LogP contribution in [0.3, 0.4) is 0 Å². The lowest BCUT2D eigenvalue weighted by Crippen LogP contribution is -2.39. The number of nitrogens with zero attached hydrogens (tertiary/aromatic N) is 1. The highest BCUT2D eigenvalue weighted by molar-refractivity contribution is 6.33. The predicted octanol–water partition coefficient (Wildman–Crippen LogP) is 3.52. The van der Waals surface area contributed by atoms with Gasteiger partial charge in [-0.1, -0.05) is 18.5 Å². The summed E-state index contributed by atoms with van der Waals surface area (Å²) in [4.78, 5) is 2.54. The van der Waals surface area contributed by atoms with Crippen LogP contribution in [0.2, 0.25) is 5.02 Å². The van der Waals surface area contributed by atoms with Crippen LogP contribution in [0.1, 0.15) is 31.7 Å². The number of benzene rings is 1. The Morgan fingerprint density at radius 1 is 1.37 bits per heavy atom. The van der Waals surface area contributed by atoms with Crippen molar-refractivity contribution in [2.24, 2.45) is 0 Å². The Kier molecular flexibility index (Phi) is 4.94. The van der Waals surface area contributed by atoms with E-state index in [9.17, 15) is 0 Å². The Balaban J connectivity index is 1.94. The Labute approximate surface area is 121 Å². The molecule has 1 saturated heterocycles. The molecule has 0 amide bonds. The molecule has 1 aliphatic heterocycles. The van der Waals surface area contributed by atoms with E-state index in [1.54, 1.807) is 0 Å². The lowest BCUT2D eigenvalue weighted by Gasteiger charge is -2.33. The third kappa shape index (κ3) is 3.77. The molecule has 1 aromatic carbocycles. The van der Waals surface area contributed by atoms with Crippen molar-refractivity contribution in [2.45, 2.75) is 39.2 Å². The number of likely N-dealkylation sites (tertiary alicyclic amines) is 1. The molecule has 0 atom stereocenters. The van der Waals surface area contributed by atoms with Crippen molar-refractivity contribution in [3.8, 4) is 0 Å². The first-order valence-corrected chi connectivity index (χ1v) is 7.52. The van der Waals surface area contributed by atoms with Gasteiger partial charge >= 0.3 is 0 Å². The number of aryl methyl sites for hydroxylation is 1. The molecular formula is C15H24ClN3. The van der Waals surface area contributed by atoms with E-state index in [1.165, 1.54) is 38.9 Å². The van der Waals surface area contributed by atoms with Crippen LogP contribution < -0.4 is 11.1 Å². The van der Waals surface area contributed by atoms with Gasteiger partial charge in [0.25, 0.3) is 0 Å². The fourth-order valence-electron chi connectivity index (χ4n) is 2.70. The van der Waals surface area contributed by atoms with E-state index in [4.69, 9.17) is 17.3 Å². The zero-order valence-electron chi connectivity index (χ0n) is 11.9. The average Bonchev–Trinajstić information content (AvgIpc) is 2.38. The molecule has 1 heterocycles. The van der Waals surface area contributed by atoms with E-state index in [1.807, 2.05) is 12.1 Å². The van der Waals surface area contributed by atoms with E-state index < -0.39 is 0 Å². The highest BCUT2D eigenvalue weighted by Crippen LogP contribution is 2.28. The number of nitrogens with one attached hydrogen (secondary N) is 1. The summed E-state index contributed by atoms with van der Waals surface area (Å²) < 4.78 is 0. The first-order chi connectivity index (χ1) is 9.10. The van der Waals surface area contributed by atoms with Crippen molar-refractivity contribution in [1.82, 2.24) is 4.90 Å². The summed E-state index contributed by atoms with van der Waals surface area (Å²) in [6.07, 6.45) is 3.63. The molecule has 2 rings (SSSR count). The summed E-state index contributed by atoms with van der Waals surface area (Å²) in [5.74, 6) is 0. The summed E-state index contributed by atoms with van der Waals surface area (Å²) in [5, 5.41) is 4.25. The van der Waals surface area contributed by atoms with Crippen LogP contribution >= 0.6 is 11.6 Å². The van der Waals surface area contributed by atoms with Crippen molar-refractivity contribution in [1.29, 1.82) is 0 Å². The third-order valence-corrected chi connectivity index (χ3v) is 4.16. The monoisotopic (exact) mass is 281 g/mol. The molecule has 0 bridgehead atoms. The Hall–Kier alpha value is -0.930. The van der Waals surface area contributed by atoms with Crippen LogP contribution in [-0.4, -0.2) is 30.6 Å². The van der Waals surface area contributed by atoms with Gasteiger partial charge < -0.3 is 16.0 Å². The van der Waals surface area contributed by atoms with E-state index >= 15 is 0 Å². The number of hydrogen-bond acceptors (Lipinski definition) is 3. The minimum Gasteiger partial charge on any atom is -0.398 e. The molecule has 0 unspecified atom stereocenters. The van der Waals surface area contributed by atoms with Gasteiger partial charge in [-0.05, 0) is 50.4 Å². The number of nitrogens with two attached hydrogens (primary N) is 1. The molecule has 3 nitrogen and oxygen atoms in total. The van der Waals surface area contributed by atoms with Gasteiger partial charge in [0, 0.05) is 24.8 Å². The topological polar surface area (TPSA) is 41.3 Å². The number of rotatable bonds is 4. The van der Waals surface area contributed by atoms with Gasteiger partial charge in [-0.3, -0.25) is 0 Å². The second-order valence-electron chi connectivity index (χ2n) is 5.45. The molecule has 1 aliphatic rings. The van der Waals surface area contributed by atoms with Gasteiger partial charge in [0.2, 0.25) is 0 Å². The molecule has 0 aliphatic carbocycles. The van der Waals surface area contributed by atoms with E-state index in [2.05, 4.69) is 24.1 Å². The summed E-state index contributed by atoms with van der Waals surface area (Å²) in [7, 11) is 0. The quantitative estimate of drug-likeness (QED) is 0.830. The van der Waals surface area contributed by atoms with Crippen molar-refractivity contribution < 1.29 is 0 Å². The Morgan fingerprint density at radius 2 is 2.05 bits per heavy atom. The zero-order chi connectivity index (χ0) is 13.8. The standard InChI is InChI=1S/C15H24ClN3/c1-3-6-19-7-4-12(5-8-19)18-15-10-13(16)14(17)9-11(15)2/h9-10,12,18H,3-8,17H2,1-2H3. The molecule has 1 fully saturated rings. The fraction of sp³-hybridized carbons (Fsp3) is 0.600. The van der Waals surface area contributed by atoms with Crippen LogP contribution in [0, 0.1) is 6.92 Å². The average molecular weight is 282 g/mol. The molecule has 0 saturated carbocycles. The van der Waals surface area contributed by atoms with Crippen LogP contribution in [-0.2, 0) is 0 Å². The molecule has 1 aromatic rings. The Morgan fingerprint density at radius 3 is 2.68 bits per heavy atom. The van der Waals surface area contributed by atoms with Gasteiger partial charge in [0.1, 0.15) is 0 Å². The van der Waals surface area contributed by atoms with Gasteiger partial charge in [-0.15, -0.1) is 0 Å². The first kappa shape index (κ1) is 14.5. The third-order valence-electron chi connectivity index (χ3n) is 3.83. The van der Waals surface area contributed by atoms with Crippen LogP contribution in [0.4, 0.5) is 11.4 Å². The maximum Gasteiger partial charge on any atom is 0.0656 e. The number of piperidine rings is 1. The number of nitrogen functional groups attached to an aromatic ring is 1. The maximum atomic E-state index is 6.09. The van der Waals surface area contributed by atoms with E-state index in [0.29, 0.717) is 16.8 Å². The SMILES string of the molecule is CCCN1CCC(Nc2cc(Cl)c(N)cc2C)CC1. The lowest BCUT2D eigenvalue weighted by atomic mass is 10.0. The Bertz CT molecular complexity index is 426. The normalized spacial score (nSPS) is 17.6. The highest BCUT2D eigenvalue weighted by atomic mass is 35.5. The van der Waals surface area contributed by atoms with E-state index in [0.717, 1.165) is 11.3 Å². The lowest BCUT2D eigenvalue weighted by molar-refractivity contribution is 0.219. The van der Waals surface area contributed by atoms with E-state index in [-0.39, 0.29) is 0 Å². The number of hydrogen-bond donors (Lipinski definition) is 2. The van der Waals surface area contributed by atoms with Crippen LogP contribution in [0.15, 0.2) is 12.1 Å². The molecule has 0 aromatic heterocycles. The van der Waals surface area contributed by atoms with Gasteiger partial charge in [-0.2, -0.15) is 0 Å². The maximum absolute atomic E-state index is 6.09. The first-order valence-electron chi connectivity index (χ1n) is 7.14. The molecule has 19 heavy (non-hydrogen) atoms. The van der Waals surface area contributed by atoms with Gasteiger partial charge in [0.15, 0.2) is 0 Å². The van der Waals surface area contributed by atoms with Crippen molar-refractivity contribution in [2.75, 3.05) is 30.7 Å². The minimum atomic E-state index is 0.548. The molecule has 3 N–H and O–H groups in total. The smallest absolute Gasteiger partial charge is 0.0656 e. The van der Waals surface area contributed by atoms with Crippen LogP contribution in [0.25, 0.3) is 0 Å².